The summed E-state index contributed by atoms with van der Waals surface area (Å²) in [5, 5.41) is 2.87. The predicted molar refractivity (Wildman–Crippen MR) is 193 cm³/mol. The van der Waals surface area contributed by atoms with E-state index in [2.05, 4.69) is 133 Å². The molecule has 3 heteroatoms. The van der Waals surface area contributed by atoms with Gasteiger partial charge in [-0.05, 0) is 127 Å². The summed E-state index contributed by atoms with van der Waals surface area (Å²) < 4.78 is 1.90. The van der Waals surface area contributed by atoms with Crippen molar-refractivity contribution in [2.75, 3.05) is 0 Å². The zero-order chi connectivity index (χ0) is 32.0. The summed E-state index contributed by atoms with van der Waals surface area (Å²) in [6, 6.07) is 30.2. The normalized spacial score (nSPS) is 16.0. The third-order valence-corrected chi connectivity index (χ3v) is 10.5. The van der Waals surface area contributed by atoms with E-state index >= 15 is 0 Å². The highest BCUT2D eigenvalue weighted by atomic mass is 16.1. The van der Waals surface area contributed by atoms with Crippen LogP contribution in [0.3, 0.4) is 0 Å². The van der Waals surface area contributed by atoms with E-state index in [1.165, 1.54) is 55.6 Å². The van der Waals surface area contributed by atoms with Gasteiger partial charge in [-0.1, -0.05) is 79.7 Å². The second-order valence-electron chi connectivity index (χ2n) is 13.5. The fraction of sp³-hybridized carbons (Fsp3) is 0.209. The maximum atomic E-state index is 14.7. The van der Waals surface area contributed by atoms with Crippen LogP contribution in [0, 0.1) is 47.5 Å². The summed E-state index contributed by atoms with van der Waals surface area (Å²) in [6.07, 6.45) is 2.37. The predicted octanol–water partition coefficient (Wildman–Crippen LogP) is 9.47. The van der Waals surface area contributed by atoms with Gasteiger partial charge in [0.25, 0.3) is 5.56 Å². The number of hydrogen-bond acceptors (Lipinski definition) is 2. The Labute approximate surface area is 269 Å². The number of rotatable bonds is 3. The lowest BCUT2D eigenvalue weighted by molar-refractivity contribution is 0.646. The van der Waals surface area contributed by atoms with Gasteiger partial charge < -0.3 is 0 Å². The molecule has 226 valence electrons. The van der Waals surface area contributed by atoms with Gasteiger partial charge in [-0.3, -0.25) is 9.20 Å². The summed E-state index contributed by atoms with van der Waals surface area (Å²) in [5.41, 5.74) is 17.0. The van der Waals surface area contributed by atoms with E-state index < -0.39 is 0 Å². The van der Waals surface area contributed by atoms with Gasteiger partial charge in [0.2, 0.25) is 0 Å². The lowest BCUT2D eigenvalue weighted by atomic mass is 9.73. The van der Waals surface area contributed by atoms with Gasteiger partial charge >= 0.3 is 0 Å². The SMILES string of the molecule is Cc1cccc(C)c1-c1cc(-c2c(C)cccc2C)c2nc3c4c5c(cccc5c(=O)n3c2c1)C(c1c(C)cccc1C)C(C)C=4. The van der Waals surface area contributed by atoms with Crippen molar-refractivity contribution in [1.82, 2.24) is 9.38 Å². The van der Waals surface area contributed by atoms with Gasteiger partial charge in [-0.15, -0.1) is 0 Å². The molecule has 2 atom stereocenters. The van der Waals surface area contributed by atoms with Gasteiger partial charge in [-0.2, -0.15) is 0 Å². The van der Waals surface area contributed by atoms with Crippen molar-refractivity contribution in [3.63, 3.8) is 0 Å². The Morgan fingerprint density at radius 2 is 1.24 bits per heavy atom. The van der Waals surface area contributed by atoms with Crippen LogP contribution in [-0.4, -0.2) is 9.38 Å². The Bertz CT molecular complexity index is 2470. The van der Waals surface area contributed by atoms with Crippen LogP contribution >= 0.6 is 0 Å². The topological polar surface area (TPSA) is 34.4 Å². The number of pyridine rings is 1. The second-order valence-corrected chi connectivity index (χ2v) is 13.5. The molecule has 0 bridgehead atoms. The second kappa shape index (κ2) is 10.3. The number of benzene rings is 5. The fourth-order valence-corrected chi connectivity index (χ4v) is 8.48. The van der Waals surface area contributed by atoms with E-state index in [9.17, 15) is 4.79 Å². The lowest BCUT2D eigenvalue weighted by Gasteiger charge is -2.30. The van der Waals surface area contributed by atoms with Crippen LogP contribution < -0.4 is 10.8 Å². The molecule has 7 aromatic rings. The molecule has 0 aliphatic heterocycles. The minimum atomic E-state index is -0.00702. The van der Waals surface area contributed by atoms with Gasteiger partial charge in [0, 0.05) is 27.5 Å². The van der Waals surface area contributed by atoms with Crippen molar-refractivity contribution in [2.45, 2.75) is 54.4 Å². The first-order valence-corrected chi connectivity index (χ1v) is 16.3. The van der Waals surface area contributed by atoms with Crippen LogP contribution in [0.4, 0.5) is 0 Å². The third kappa shape index (κ3) is 3.97. The molecule has 2 heterocycles. The van der Waals surface area contributed by atoms with Gasteiger partial charge in [0.15, 0.2) is 0 Å². The fourth-order valence-electron chi connectivity index (χ4n) is 8.48. The molecule has 0 radical (unpaired) electrons. The summed E-state index contributed by atoms with van der Waals surface area (Å²) in [5.74, 6) is 0.395. The van der Waals surface area contributed by atoms with Crippen molar-refractivity contribution in [2.24, 2.45) is 5.92 Å². The van der Waals surface area contributed by atoms with E-state index in [0.717, 1.165) is 43.8 Å². The average Bonchev–Trinajstić information content (AvgIpc) is 3.41. The highest BCUT2D eigenvalue weighted by Crippen LogP contribution is 2.42. The first-order chi connectivity index (χ1) is 22.2. The van der Waals surface area contributed by atoms with Crippen LogP contribution in [-0.2, 0) is 0 Å². The number of aryl methyl sites for hydroxylation is 6. The molecule has 0 N–H and O–H groups in total. The van der Waals surface area contributed by atoms with Gasteiger partial charge in [0.05, 0.1) is 11.0 Å². The monoisotopic (exact) mass is 598 g/mol. The largest absolute Gasteiger partial charge is 0.268 e. The molecule has 2 aromatic heterocycles. The van der Waals surface area contributed by atoms with Crippen molar-refractivity contribution in [3.05, 3.63) is 145 Å². The van der Waals surface area contributed by atoms with Crippen molar-refractivity contribution in [3.8, 4) is 22.3 Å². The highest BCUT2D eigenvalue weighted by molar-refractivity contribution is 6.02. The molecular weight excluding hydrogens is 560 g/mol. The molecule has 5 aromatic carbocycles. The molecule has 46 heavy (non-hydrogen) atoms. The Morgan fingerprint density at radius 1 is 0.674 bits per heavy atom. The van der Waals surface area contributed by atoms with E-state index in [-0.39, 0.29) is 17.4 Å². The minimum Gasteiger partial charge on any atom is -0.268 e. The number of aromatic nitrogens is 2. The average molecular weight is 599 g/mol. The maximum Gasteiger partial charge on any atom is 0.264 e. The Hall–Kier alpha value is -5.02. The molecule has 0 saturated carbocycles. The van der Waals surface area contributed by atoms with E-state index in [0.29, 0.717) is 0 Å². The molecule has 3 nitrogen and oxygen atoms in total. The standard InChI is InChI=1S/C43H38N2O/c1-23-12-8-13-24(2)36(23)30-21-33(37-25(3)14-9-15-26(37)4)41-35(22-30)45-42(44-41)34-20-29(7)39(38-27(5)16-10-17-28(38)6)31-18-11-19-32(40(31)34)43(45)46/h8-22,29,39H,1-7H3. The Kier molecular flexibility index (Phi) is 6.34. The Balaban J connectivity index is 1.55. The molecule has 8 rings (SSSR count). The van der Waals surface area contributed by atoms with Crippen LogP contribution in [0.15, 0.2) is 89.7 Å². The molecule has 1 aliphatic rings. The summed E-state index contributed by atoms with van der Waals surface area (Å²) in [6.45, 7) is 15.4. The molecule has 1 aliphatic carbocycles. The van der Waals surface area contributed by atoms with E-state index in [1.54, 1.807) is 0 Å². The van der Waals surface area contributed by atoms with E-state index in [1.807, 2.05) is 10.5 Å². The number of fused-ring (bicyclic) bond motifs is 4. The van der Waals surface area contributed by atoms with Crippen LogP contribution in [0.2, 0.25) is 0 Å². The van der Waals surface area contributed by atoms with Crippen LogP contribution in [0.25, 0.3) is 55.8 Å². The van der Waals surface area contributed by atoms with Gasteiger partial charge in [-0.25, -0.2) is 4.98 Å². The molecule has 0 amide bonds. The zero-order valence-corrected chi connectivity index (χ0v) is 27.6. The quantitative estimate of drug-likeness (QED) is 0.203. The summed E-state index contributed by atoms with van der Waals surface area (Å²) >= 11 is 0. The third-order valence-electron chi connectivity index (χ3n) is 10.5. The van der Waals surface area contributed by atoms with Crippen molar-refractivity contribution < 1.29 is 0 Å². The minimum absolute atomic E-state index is 0.00702. The number of nitrogens with zero attached hydrogens (tertiary/aromatic N) is 2. The molecule has 0 spiro atoms. The molecular formula is C43H38N2O. The first-order valence-electron chi connectivity index (χ1n) is 16.3. The maximum absolute atomic E-state index is 14.7. The van der Waals surface area contributed by atoms with Crippen molar-refractivity contribution in [1.29, 1.82) is 0 Å². The molecule has 0 saturated heterocycles. The summed E-state index contributed by atoms with van der Waals surface area (Å²) in [4.78, 5) is 20.1. The smallest absolute Gasteiger partial charge is 0.264 e. The Morgan fingerprint density at radius 3 is 1.87 bits per heavy atom. The van der Waals surface area contributed by atoms with Crippen LogP contribution in [0.5, 0.6) is 0 Å². The first kappa shape index (κ1) is 28.5. The van der Waals surface area contributed by atoms with Gasteiger partial charge in [0.1, 0.15) is 5.65 Å². The van der Waals surface area contributed by atoms with E-state index in [4.69, 9.17) is 4.98 Å². The molecule has 2 unspecified atom stereocenters. The lowest BCUT2D eigenvalue weighted by Crippen LogP contribution is -2.28. The van der Waals surface area contributed by atoms with Crippen LogP contribution in [0.1, 0.15) is 57.3 Å². The highest BCUT2D eigenvalue weighted by Gasteiger charge is 2.30. The number of imidazole rings is 1. The zero-order valence-electron chi connectivity index (χ0n) is 27.6. The molecule has 0 fully saturated rings. The van der Waals surface area contributed by atoms with Crippen molar-refractivity contribution >= 4 is 33.5 Å². The number of hydrogen-bond donors (Lipinski definition) is 0. The summed E-state index contributed by atoms with van der Waals surface area (Å²) in [7, 11) is 0.